The molecule has 0 spiro atoms. The van der Waals surface area contributed by atoms with E-state index < -0.39 is 5.54 Å². The molecule has 1 aromatic carbocycles. The Morgan fingerprint density at radius 3 is 2.95 bits per heavy atom. The van der Waals surface area contributed by atoms with Crippen LogP contribution in [0.4, 0.5) is 5.69 Å². The van der Waals surface area contributed by atoms with Crippen molar-refractivity contribution >= 4 is 22.5 Å². The number of aromatic nitrogens is 1. The van der Waals surface area contributed by atoms with E-state index >= 15 is 0 Å². The van der Waals surface area contributed by atoms with Crippen molar-refractivity contribution in [1.82, 2.24) is 10.3 Å². The lowest BCUT2D eigenvalue weighted by Gasteiger charge is -2.33. The molecule has 4 nitrogen and oxygen atoms in total. The lowest BCUT2D eigenvalue weighted by molar-refractivity contribution is -0.122. The van der Waals surface area contributed by atoms with E-state index in [1.807, 2.05) is 37.3 Å². The van der Waals surface area contributed by atoms with Gasteiger partial charge in [0, 0.05) is 11.6 Å². The minimum absolute atomic E-state index is 0.0235. The van der Waals surface area contributed by atoms with Crippen molar-refractivity contribution in [3.8, 4) is 0 Å². The van der Waals surface area contributed by atoms with Gasteiger partial charge in [0.15, 0.2) is 0 Å². The van der Waals surface area contributed by atoms with E-state index in [4.69, 9.17) is 0 Å². The summed E-state index contributed by atoms with van der Waals surface area (Å²) in [5, 5.41) is 7.40. The molecule has 0 aliphatic carbocycles. The third-order valence-electron chi connectivity index (χ3n) is 4.00. The number of benzene rings is 1. The molecule has 4 heteroatoms. The number of nitrogens with zero attached hydrogens (tertiary/aromatic N) is 1. The number of carbonyl (C=O) groups excluding carboxylic acids is 1. The van der Waals surface area contributed by atoms with Crippen LogP contribution < -0.4 is 10.6 Å². The number of anilines is 1. The monoisotopic (exact) mass is 269 g/mol. The average Bonchev–Trinajstić information content (AvgIpc) is 2.48. The molecule has 1 aliphatic heterocycles. The molecule has 0 saturated carbocycles. The second-order valence-electron chi connectivity index (χ2n) is 5.55. The van der Waals surface area contributed by atoms with Crippen molar-refractivity contribution in [2.24, 2.45) is 0 Å². The van der Waals surface area contributed by atoms with Crippen molar-refractivity contribution in [2.75, 3.05) is 11.9 Å². The summed E-state index contributed by atoms with van der Waals surface area (Å²) < 4.78 is 0. The molecule has 20 heavy (non-hydrogen) atoms. The summed E-state index contributed by atoms with van der Waals surface area (Å²) in [4.78, 5) is 16.9. The number of amides is 1. The summed E-state index contributed by atoms with van der Waals surface area (Å²) in [5.41, 5.74) is 1.14. The van der Waals surface area contributed by atoms with E-state index in [9.17, 15) is 4.79 Å². The predicted octanol–water partition coefficient (Wildman–Crippen LogP) is 2.71. The second kappa shape index (κ2) is 5.21. The first-order chi connectivity index (χ1) is 9.69. The maximum Gasteiger partial charge on any atom is 0.244 e. The Bertz CT molecular complexity index is 627. The quantitative estimate of drug-likeness (QED) is 0.881. The van der Waals surface area contributed by atoms with Crippen LogP contribution in [0.3, 0.4) is 0 Å². The van der Waals surface area contributed by atoms with E-state index in [-0.39, 0.29) is 5.91 Å². The first kappa shape index (κ1) is 13.1. The van der Waals surface area contributed by atoms with Crippen LogP contribution in [0.15, 0.2) is 36.5 Å². The third-order valence-corrected chi connectivity index (χ3v) is 4.00. The van der Waals surface area contributed by atoms with E-state index in [1.54, 1.807) is 6.20 Å². The summed E-state index contributed by atoms with van der Waals surface area (Å²) in [6.07, 6.45) is 4.85. The summed E-state index contributed by atoms with van der Waals surface area (Å²) >= 11 is 0. The molecule has 2 heterocycles. The highest BCUT2D eigenvalue weighted by molar-refractivity contribution is 6.03. The molecule has 1 aliphatic rings. The molecule has 104 valence electrons. The number of nitrogens with one attached hydrogen (secondary N) is 2. The van der Waals surface area contributed by atoms with E-state index in [0.29, 0.717) is 0 Å². The summed E-state index contributed by atoms with van der Waals surface area (Å²) in [6.45, 7) is 2.87. The summed E-state index contributed by atoms with van der Waals surface area (Å²) in [7, 11) is 0. The van der Waals surface area contributed by atoms with Gasteiger partial charge in [-0.1, -0.05) is 18.2 Å². The fraction of sp³-hybridized carbons (Fsp3) is 0.375. The Labute approximate surface area is 118 Å². The van der Waals surface area contributed by atoms with Gasteiger partial charge >= 0.3 is 0 Å². The number of hydrogen-bond donors (Lipinski definition) is 2. The van der Waals surface area contributed by atoms with Crippen LogP contribution in [0, 0.1) is 0 Å². The molecule has 0 radical (unpaired) electrons. The molecule has 1 saturated heterocycles. The van der Waals surface area contributed by atoms with Gasteiger partial charge in [0.1, 0.15) is 0 Å². The fourth-order valence-corrected chi connectivity index (χ4v) is 2.72. The van der Waals surface area contributed by atoms with Crippen molar-refractivity contribution in [1.29, 1.82) is 0 Å². The molecule has 2 N–H and O–H groups in total. The Hall–Kier alpha value is -1.94. The number of carbonyl (C=O) groups is 1. The lowest BCUT2D eigenvalue weighted by Crippen LogP contribution is -2.54. The number of piperidine rings is 1. The maximum absolute atomic E-state index is 12.5. The highest BCUT2D eigenvalue weighted by Crippen LogP contribution is 2.24. The Morgan fingerprint density at radius 2 is 2.15 bits per heavy atom. The molecular weight excluding hydrogens is 250 g/mol. The van der Waals surface area contributed by atoms with E-state index in [1.165, 1.54) is 0 Å². The van der Waals surface area contributed by atoms with Crippen LogP contribution >= 0.6 is 0 Å². The van der Waals surface area contributed by atoms with E-state index in [0.717, 1.165) is 42.4 Å². The highest BCUT2D eigenvalue weighted by Gasteiger charge is 2.34. The van der Waals surface area contributed by atoms with Gasteiger partial charge in [-0.25, -0.2) is 0 Å². The minimum atomic E-state index is -0.477. The number of rotatable bonds is 2. The zero-order valence-electron chi connectivity index (χ0n) is 11.6. The van der Waals surface area contributed by atoms with Crippen LogP contribution in [-0.2, 0) is 4.79 Å². The molecule has 3 rings (SSSR count). The Morgan fingerprint density at radius 1 is 1.30 bits per heavy atom. The van der Waals surface area contributed by atoms with Crippen molar-refractivity contribution in [3.63, 3.8) is 0 Å². The molecule has 1 unspecified atom stereocenters. The van der Waals surface area contributed by atoms with Gasteiger partial charge in [-0.05, 0) is 44.9 Å². The standard InChI is InChI=1S/C16H19N3O/c1-16(9-2-3-11-18-16)15(20)19-13-8-4-6-12-7-5-10-17-14(12)13/h4-8,10,18H,2-3,9,11H2,1H3,(H,19,20). The van der Waals surface area contributed by atoms with Gasteiger partial charge in [0.2, 0.25) is 5.91 Å². The normalized spacial score (nSPS) is 22.6. The van der Waals surface area contributed by atoms with Crippen LogP contribution in [0.5, 0.6) is 0 Å². The molecule has 1 atom stereocenters. The topological polar surface area (TPSA) is 54.0 Å². The van der Waals surface area contributed by atoms with Gasteiger partial charge in [-0.3, -0.25) is 9.78 Å². The van der Waals surface area contributed by atoms with E-state index in [2.05, 4.69) is 15.6 Å². The van der Waals surface area contributed by atoms with Crippen LogP contribution in [0.2, 0.25) is 0 Å². The van der Waals surface area contributed by atoms with Gasteiger partial charge in [0.05, 0.1) is 16.7 Å². The zero-order valence-corrected chi connectivity index (χ0v) is 11.6. The zero-order chi connectivity index (χ0) is 14.0. The fourth-order valence-electron chi connectivity index (χ4n) is 2.72. The van der Waals surface area contributed by atoms with Crippen molar-refractivity contribution in [2.45, 2.75) is 31.7 Å². The molecule has 1 fully saturated rings. The minimum Gasteiger partial charge on any atom is -0.323 e. The first-order valence-corrected chi connectivity index (χ1v) is 7.09. The molecule has 0 bridgehead atoms. The number of hydrogen-bond acceptors (Lipinski definition) is 3. The summed E-state index contributed by atoms with van der Waals surface area (Å²) in [6, 6.07) is 9.74. The SMILES string of the molecule is CC1(C(=O)Nc2cccc3cccnc23)CCCCN1. The number of para-hydroxylation sites is 1. The highest BCUT2D eigenvalue weighted by atomic mass is 16.2. The Balaban J connectivity index is 1.87. The van der Waals surface area contributed by atoms with Gasteiger partial charge in [0.25, 0.3) is 0 Å². The van der Waals surface area contributed by atoms with Crippen molar-refractivity contribution in [3.05, 3.63) is 36.5 Å². The van der Waals surface area contributed by atoms with Gasteiger partial charge < -0.3 is 10.6 Å². The molecule has 1 amide bonds. The molecule has 2 aromatic rings. The van der Waals surface area contributed by atoms with Gasteiger partial charge in [-0.2, -0.15) is 0 Å². The van der Waals surface area contributed by atoms with Crippen LogP contribution in [0.25, 0.3) is 10.9 Å². The molecule has 1 aromatic heterocycles. The third kappa shape index (κ3) is 2.39. The van der Waals surface area contributed by atoms with Crippen LogP contribution in [0.1, 0.15) is 26.2 Å². The van der Waals surface area contributed by atoms with Gasteiger partial charge in [-0.15, -0.1) is 0 Å². The Kier molecular flexibility index (Phi) is 3.40. The maximum atomic E-state index is 12.5. The van der Waals surface area contributed by atoms with Crippen LogP contribution in [-0.4, -0.2) is 23.0 Å². The first-order valence-electron chi connectivity index (χ1n) is 7.09. The largest absolute Gasteiger partial charge is 0.323 e. The average molecular weight is 269 g/mol. The second-order valence-corrected chi connectivity index (χ2v) is 5.55. The smallest absolute Gasteiger partial charge is 0.244 e. The number of pyridine rings is 1. The molecular formula is C16H19N3O. The lowest BCUT2D eigenvalue weighted by atomic mass is 9.90. The number of fused-ring (bicyclic) bond motifs is 1. The summed E-state index contributed by atoms with van der Waals surface area (Å²) in [5.74, 6) is 0.0235. The van der Waals surface area contributed by atoms with Crippen molar-refractivity contribution < 1.29 is 4.79 Å². The predicted molar refractivity (Wildman–Crippen MR) is 80.6 cm³/mol.